The number of hydrogen-bond donors (Lipinski definition) is 1. The second kappa shape index (κ2) is 5.24. The molecule has 0 spiro atoms. The Kier molecular flexibility index (Phi) is 3.27. The lowest BCUT2D eigenvalue weighted by Gasteiger charge is -2.09. The largest absolute Gasteiger partial charge is 0.493 e. The minimum atomic E-state index is 0.235. The molecule has 2 N–H and O–H groups in total. The molecule has 2 aromatic heterocycles. The molecule has 0 fully saturated rings. The molecule has 6 nitrogen and oxygen atoms in total. The summed E-state index contributed by atoms with van der Waals surface area (Å²) in [4.78, 5) is 0. The molecule has 108 valence electrons. The number of anilines is 1. The maximum absolute atomic E-state index is 5.91. The molecule has 3 rings (SSSR count). The quantitative estimate of drug-likeness (QED) is 0.792. The summed E-state index contributed by atoms with van der Waals surface area (Å²) in [6, 6.07) is 7.29. The smallest absolute Gasteiger partial charge is 0.230 e. The second-order valence-corrected chi connectivity index (χ2v) is 4.35. The number of furan rings is 1. The van der Waals surface area contributed by atoms with Crippen molar-refractivity contribution in [2.75, 3.05) is 20.0 Å². The van der Waals surface area contributed by atoms with Crippen molar-refractivity contribution in [3.8, 4) is 33.9 Å². The summed E-state index contributed by atoms with van der Waals surface area (Å²) in [7, 11) is 3.16. The first-order valence-corrected chi connectivity index (χ1v) is 6.24. The van der Waals surface area contributed by atoms with Crippen LogP contribution in [0.2, 0.25) is 0 Å². The van der Waals surface area contributed by atoms with Crippen molar-refractivity contribution in [2.24, 2.45) is 0 Å². The highest BCUT2D eigenvalue weighted by Gasteiger charge is 2.19. The van der Waals surface area contributed by atoms with Gasteiger partial charge in [0, 0.05) is 5.56 Å². The molecule has 0 saturated heterocycles. The Morgan fingerprint density at radius 2 is 1.86 bits per heavy atom. The number of nitrogens with zero attached hydrogens (tertiary/aromatic N) is 1. The number of benzene rings is 1. The van der Waals surface area contributed by atoms with Crippen LogP contribution >= 0.6 is 0 Å². The van der Waals surface area contributed by atoms with E-state index >= 15 is 0 Å². The van der Waals surface area contributed by atoms with E-state index < -0.39 is 0 Å². The van der Waals surface area contributed by atoms with Gasteiger partial charge in [0.15, 0.2) is 11.5 Å². The van der Waals surface area contributed by atoms with Crippen LogP contribution in [0.5, 0.6) is 11.5 Å². The minimum absolute atomic E-state index is 0.235. The molecular weight excluding hydrogens is 272 g/mol. The van der Waals surface area contributed by atoms with E-state index in [1.165, 1.54) is 0 Å². The van der Waals surface area contributed by atoms with E-state index in [2.05, 4.69) is 5.16 Å². The first-order valence-electron chi connectivity index (χ1n) is 6.24. The Labute approximate surface area is 121 Å². The number of hydrogen-bond acceptors (Lipinski definition) is 6. The van der Waals surface area contributed by atoms with Gasteiger partial charge in [-0.05, 0) is 23.8 Å². The molecule has 21 heavy (non-hydrogen) atoms. The zero-order chi connectivity index (χ0) is 14.8. The van der Waals surface area contributed by atoms with Gasteiger partial charge in [0.05, 0.1) is 32.3 Å². The van der Waals surface area contributed by atoms with Gasteiger partial charge in [-0.25, -0.2) is 0 Å². The van der Waals surface area contributed by atoms with Crippen LogP contribution in [0.15, 0.2) is 45.7 Å². The SMILES string of the molecule is COc1ccc(-c2c(-c3ccoc3)noc2N)cc1OC. The van der Waals surface area contributed by atoms with Gasteiger partial charge >= 0.3 is 0 Å². The molecule has 0 amide bonds. The lowest BCUT2D eigenvalue weighted by Crippen LogP contribution is -1.92. The van der Waals surface area contributed by atoms with Crippen LogP contribution in [-0.4, -0.2) is 19.4 Å². The molecule has 0 saturated carbocycles. The third-order valence-corrected chi connectivity index (χ3v) is 3.19. The van der Waals surface area contributed by atoms with Crippen LogP contribution in [-0.2, 0) is 0 Å². The van der Waals surface area contributed by atoms with E-state index in [1.807, 2.05) is 12.1 Å². The van der Waals surface area contributed by atoms with Crippen molar-refractivity contribution in [2.45, 2.75) is 0 Å². The lowest BCUT2D eigenvalue weighted by atomic mass is 10.0. The summed E-state index contributed by atoms with van der Waals surface area (Å²) >= 11 is 0. The third kappa shape index (κ3) is 2.20. The number of nitrogen functional groups attached to an aromatic ring is 1. The molecule has 0 bridgehead atoms. The molecule has 0 unspecified atom stereocenters. The molecule has 3 aromatic rings. The number of rotatable bonds is 4. The lowest BCUT2D eigenvalue weighted by molar-refractivity contribution is 0.355. The topological polar surface area (TPSA) is 83.7 Å². The number of ether oxygens (including phenoxy) is 2. The van der Waals surface area contributed by atoms with Crippen molar-refractivity contribution in [3.63, 3.8) is 0 Å². The standard InChI is InChI=1S/C15H14N2O4/c1-18-11-4-3-9(7-12(11)19-2)13-14(17-21-15(13)16)10-5-6-20-8-10/h3-8H,16H2,1-2H3. The maximum Gasteiger partial charge on any atom is 0.230 e. The fourth-order valence-corrected chi connectivity index (χ4v) is 2.17. The van der Waals surface area contributed by atoms with Crippen LogP contribution in [0.1, 0.15) is 0 Å². The Morgan fingerprint density at radius 1 is 1.05 bits per heavy atom. The van der Waals surface area contributed by atoms with Crippen LogP contribution in [0.3, 0.4) is 0 Å². The van der Waals surface area contributed by atoms with E-state index in [0.717, 1.165) is 11.1 Å². The van der Waals surface area contributed by atoms with Crippen LogP contribution in [0.25, 0.3) is 22.4 Å². The Hall–Kier alpha value is -2.89. The third-order valence-electron chi connectivity index (χ3n) is 3.19. The average Bonchev–Trinajstić information content (AvgIpc) is 3.15. The van der Waals surface area contributed by atoms with E-state index in [1.54, 1.807) is 38.9 Å². The summed E-state index contributed by atoms with van der Waals surface area (Å²) in [5.41, 5.74) is 8.83. The fraction of sp³-hybridized carbons (Fsp3) is 0.133. The van der Waals surface area contributed by atoms with Gasteiger partial charge in [-0.3, -0.25) is 0 Å². The molecule has 0 aliphatic carbocycles. The van der Waals surface area contributed by atoms with Gasteiger partial charge in [-0.15, -0.1) is 0 Å². The second-order valence-electron chi connectivity index (χ2n) is 4.35. The van der Waals surface area contributed by atoms with Gasteiger partial charge in [0.2, 0.25) is 5.88 Å². The van der Waals surface area contributed by atoms with Crippen molar-refractivity contribution >= 4 is 5.88 Å². The van der Waals surface area contributed by atoms with Crippen LogP contribution < -0.4 is 15.2 Å². The van der Waals surface area contributed by atoms with E-state index in [9.17, 15) is 0 Å². The molecular formula is C15H14N2O4. The monoisotopic (exact) mass is 286 g/mol. The maximum atomic E-state index is 5.91. The molecule has 1 aromatic carbocycles. The Balaban J connectivity index is 2.15. The fourth-order valence-electron chi connectivity index (χ4n) is 2.17. The number of aromatic nitrogens is 1. The minimum Gasteiger partial charge on any atom is -0.493 e. The molecule has 2 heterocycles. The normalized spacial score (nSPS) is 10.6. The van der Waals surface area contributed by atoms with E-state index in [4.69, 9.17) is 24.1 Å². The van der Waals surface area contributed by atoms with Gasteiger partial charge in [0.25, 0.3) is 0 Å². The predicted octanol–water partition coefficient (Wildman–Crippen LogP) is 3.20. The highest BCUT2D eigenvalue weighted by Crippen LogP contribution is 2.39. The van der Waals surface area contributed by atoms with Crippen LogP contribution in [0.4, 0.5) is 5.88 Å². The molecule has 0 aliphatic heterocycles. The summed E-state index contributed by atoms with van der Waals surface area (Å²) in [6.45, 7) is 0. The first kappa shape index (κ1) is 13.1. The van der Waals surface area contributed by atoms with Gasteiger partial charge in [-0.2, -0.15) is 0 Å². The highest BCUT2D eigenvalue weighted by molar-refractivity contribution is 5.87. The van der Waals surface area contributed by atoms with Gasteiger partial charge in [-0.1, -0.05) is 11.2 Å². The predicted molar refractivity (Wildman–Crippen MR) is 77.2 cm³/mol. The number of nitrogens with two attached hydrogens (primary N) is 1. The van der Waals surface area contributed by atoms with Crippen molar-refractivity contribution in [1.82, 2.24) is 5.16 Å². The van der Waals surface area contributed by atoms with Crippen LogP contribution in [0, 0.1) is 0 Å². The van der Waals surface area contributed by atoms with Crippen molar-refractivity contribution in [1.29, 1.82) is 0 Å². The van der Waals surface area contributed by atoms with E-state index in [-0.39, 0.29) is 5.88 Å². The summed E-state index contributed by atoms with van der Waals surface area (Å²) < 4.78 is 20.7. The molecule has 0 aliphatic rings. The first-order chi connectivity index (χ1) is 10.2. The Bertz CT molecular complexity index is 747. The zero-order valence-electron chi connectivity index (χ0n) is 11.6. The summed E-state index contributed by atoms with van der Waals surface area (Å²) in [5, 5.41) is 4.00. The van der Waals surface area contributed by atoms with Gasteiger partial charge < -0.3 is 24.1 Å². The van der Waals surface area contributed by atoms with Gasteiger partial charge in [0.1, 0.15) is 5.69 Å². The molecule has 0 radical (unpaired) electrons. The average molecular weight is 286 g/mol. The summed E-state index contributed by atoms with van der Waals surface area (Å²) in [5.74, 6) is 1.48. The molecule has 6 heteroatoms. The van der Waals surface area contributed by atoms with Crippen molar-refractivity contribution in [3.05, 3.63) is 36.8 Å². The zero-order valence-corrected chi connectivity index (χ0v) is 11.6. The van der Waals surface area contributed by atoms with E-state index in [0.29, 0.717) is 22.8 Å². The molecule has 0 atom stereocenters. The number of methoxy groups -OCH3 is 2. The summed E-state index contributed by atoms with van der Waals surface area (Å²) in [6.07, 6.45) is 3.15. The van der Waals surface area contributed by atoms with Crippen molar-refractivity contribution < 1.29 is 18.4 Å². The Morgan fingerprint density at radius 3 is 2.52 bits per heavy atom. The highest BCUT2D eigenvalue weighted by atomic mass is 16.5.